The van der Waals surface area contributed by atoms with Crippen molar-refractivity contribution in [1.82, 2.24) is 19.6 Å². The monoisotopic (exact) mass is 338 g/mol. The molecular weight excluding hydrogens is 312 g/mol. The van der Waals surface area contributed by atoms with E-state index < -0.39 is 0 Å². The molecule has 2 aliphatic heterocycles. The molecule has 2 aliphatic rings. The topological polar surface area (TPSA) is 41.4 Å². The van der Waals surface area contributed by atoms with Crippen molar-refractivity contribution in [3.8, 4) is 0 Å². The average molecular weight is 338 g/mol. The molecule has 2 aromatic rings. The Morgan fingerprint density at radius 1 is 1.16 bits per heavy atom. The van der Waals surface area contributed by atoms with E-state index in [1.54, 1.807) is 0 Å². The van der Waals surface area contributed by atoms with Gasteiger partial charge in [0.05, 0.1) is 18.3 Å². The number of aromatic nitrogens is 2. The Balaban J connectivity index is 1.27. The van der Waals surface area contributed by atoms with E-state index in [0.29, 0.717) is 18.5 Å². The van der Waals surface area contributed by atoms with Gasteiger partial charge >= 0.3 is 0 Å². The zero-order valence-electron chi connectivity index (χ0n) is 15.1. The molecule has 3 heterocycles. The maximum atomic E-state index is 12.5. The lowest BCUT2D eigenvalue weighted by molar-refractivity contribution is -0.138. The normalized spacial score (nSPS) is 21.5. The summed E-state index contributed by atoms with van der Waals surface area (Å²) in [7, 11) is 0. The second-order valence-electron chi connectivity index (χ2n) is 7.46. The van der Waals surface area contributed by atoms with E-state index in [1.807, 2.05) is 11.8 Å². The van der Waals surface area contributed by atoms with Gasteiger partial charge in [-0.2, -0.15) is 5.10 Å². The molecule has 0 spiro atoms. The summed E-state index contributed by atoms with van der Waals surface area (Å²) in [6.07, 6.45) is 1.14. The predicted octanol–water partition coefficient (Wildman–Crippen LogP) is 2.37. The first-order valence-corrected chi connectivity index (χ1v) is 9.18. The smallest absolute Gasteiger partial charge is 0.236 e. The number of hydrogen-bond donors (Lipinski definition) is 0. The van der Waals surface area contributed by atoms with Crippen LogP contribution in [0.15, 0.2) is 36.4 Å². The van der Waals surface area contributed by atoms with Gasteiger partial charge in [0.1, 0.15) is 0 Å². The highest BCUT2D eigenvalue weighted by molar-refractivity contribution is 5.79. The van der Waals surface area contributed by atoms with Crippen molar-refractivity contribution >= 4 is 5.91 Å². The Labute approximate surface area is 149 Å². The lowest BCUT2D eigenvalue weighted by Gasteiger charge is -2.40. The number of rotatable bonds is 4. The Morgan fingerprint density at radius 2 is 1.92 bits per heavy atom. The highest BCUT2D eigenvalue weighted by Crippen LogP contribution is 2.28. The minimum Gasteiger partial charge on any atom is -0.337 e. The molecule has 0 bridgehead atoms. The van der Waals surface area contributed by atoms with Gasteiger partial charge in [-0.1, -0.05) is 30.3 Å². The van der Waals surface area contributed by atoms with Crippen molar-refractivity contribution in [3.63, 3.8) is 0 Å². The summed E-state index contributed by atoms with van der Waals surface area (Å²) in [5.74, 6) is 0.819. The van der Waals surface area contributed by atoms with Crippen molar-refractivity contribution < 1.29 is 4.79 Å². The molecule has 2 saturated heterocycles. The molecule has 132 valence electrons. The van der Waals surface area contributed by atoms with Crippen molar-refractivity contribution in [2.45, 2.75) is 32.2 Å². The fraction of sp³-hybridized carbons (Fsp3) is 0.500. The first-order chi connectivity index (χ1) is 12.1. The molecular formula is C20H26N4O. The van der Waals surface area contributed by atoms with Crippen molar-refractivity contribution in [1.29, 1.82) is 0 Å². The lowest BCUT2D eigenvalue weighted by atomic mass is 9.99. The molecule has 1 aromatic carbocycles. The third kappa shape index (κ3) is 3.33. The van der Waals surface area contributed by atoms with E-state index in [0.717, 1.165) is 38.3 Å². The van der Waals surface area contributed by atoms with E-state index in [2.05, 4.69) is 58.0 Å². The summed E-state index contributed by atoms with van der Waals surface area (Å²) in [5.41, 5.74) is 3.62. The molecule has 0 saturated carbocycles. The molecule has 25 heavy (non-hydrogen) atoms. The van der Waals surface area contributed by atoms with Gasteiger partial charge < -0.3 is 4.90 Å². The Morgan fingerprint density at radius 3 is 2.60 bits per heavy atom. The molecule has 4 rings (SSSR count). The van der Waals surface area contributed by atoms with E-state index in [9.17, 15) is 4.79 Å². The molecule has 1 aromatic heterocycles. The SMILES string of the molecule is Cc1cc(C)n(C2CN(C(=O)CN3CC[C@H](c4ccccc4)C3)C2)n1. The van der Waals surface area contributed by atoms with Gasteiger partial charge in [-0.25, -0.2) is 0 Å². The predicted molar refractivity (Wildman–Crippen MR) is 97.6 cm³/mol. The average Bonchev–Trinajstić information content (AvgIpc) is 3.14. The molecule has 5 nitrogen and oxygen atoms in total. The number of carbonyl (C=O) groups excluding carboxylic acids is 1. The third-order valence-electron chi connectivity index (χ3n) is 5.51. The third-order valence-corrected chi connectivity index (χ3v) is 5.51. The van der Waals surface area contributed by atoms with Crippen molar-refractivity contribution in [2.75, 3.05) is 32.7 Å². The maximum Gasteiger partial charge on any atom is 0.236 e. The van der Waals surface area contributed by atoms with Crippen LogP contribution in [0.2, 0.25) is 0 Å². The Bertz CT molecular complexity index is 748. The van der Waals surface area contributed by atoms with Crippen LogP contribution in [0.3, 0.4) is 0 Å². The summed E-state index contributed by atoms with van der Waals surface area (Å²) >= 11 is 0. The molecule has 2 fully saturated rings. The van der Waals surface area contributed by atoms with Crippen LogP contribution in [-0.2, 0) is 4.79 Å². The van der Waals surface area contributed by atoms with Crippen LogP contribution in [0.25, 0.3) is 0 Å². The van der Waals surface area contributed by atoms with E-state index >= 15 is 0 Å². The van der Waals surface area contributed by atoms with E-state index in [4.69, 9.17) is 0 Å². The number of amides is 1. The summed E-state index contributed by atoms with van der Waals surface area (Å²) in [4.78, 5) is 16.8. The number of hydrogen-bond acceptors (Lipinski definition) is 3. The van der Waals surface area contributed by atoms with E-state index in [-0.39, 0.29) is 5.91 Å². The number of carbonyl (C=O) groups is 1. The number of aryl methyl sites for hydroxylation is 2. The Kier molecular flexibility index (Phi) is 4.34. The lowest BCUT2D eigenvalue weighted by Crippen LogP contribution is -2.53. The van der Waals surface area contributed by atoms with Gasteiger partial charge in [0.25, 0.3) is 0 Å². The van der Waals surface area contributed by atoms with Gasteiger partial charge in [0.15, 0.2) is 0 Å². The van der Waals surface area contributed by atoms with Gasteiger partial charge in [0, 0.05) is 25.3 Å². The van der Waals surface area contributed by atoms with Crippen LogP contribution in [0.1, 0.15) is 35.3 Å². The van der Waals surface area contributed by atoms with E-state index in [1.165, 1.54) is 11.3 Å². The van der Waals surface area contributed by atoms with Gasteiger partial charge in [-0.3, -0.25) is 14.4 Å². The van der Waals surface area contributed by atoms with Crippen LogP contribution >= 0.6 is 0 Å². The van der Waals surface area contributed by atoms with Crippen LogP contribution < -0.4 is 0 Å². The highest BCUT2D eigenvalue weighted by atomic mass is 16.2. The van der Waals surface area contributed by atoms with Crippen molar-refractivity contribution in [2.24, 2.45) is 0 Å². The molecule has 1 atom stereocenters. The number of likely N-dealkylation sites (tertiary alicyclic amines) is 2. The molecule has 0 unspecified atom stereocenters. The second kappa shape index (κ2) is 6.64. The van der Waals surface area contributed by atoms with Crippen LogP contribution in [-0.4, -0.2) is 58.2 Å². The zero-order chi connectivity index (χ0) is 17.4. The summed E-state index contributed by atoms with van der Waals surface area (Å²) < 4.78 is 2.07. The fourth-order valence-electron chi connectivity index (χ4n) is 4.09. The summed E-state index contributed by atoms with van der Waals surface area (Å²) in [5, 5.41) is 4.54. The van der Waals surface area contributed by atoms with Gasteiger partial charge in [-0.15, -0.1) is 0 Å². The van der Waals surface area contributed by atoms with Crippen molar-refractivity contribution in [3.05, 3.63) is 53.3 Å². The zero-order valence-corrected chi connectivity index (χ0v) is 15.1. The summed E-state index contributed by atoms with van der Waals surface area (Å²) in [6, 6.07) is 13.1. The molecule has 0 radical (unpaired) electrons. The first-order valence-electron chi connectivity index (χ1n) is 9.18. The highest BCUT2D eigenvalue weighted by Gasteiger charge is 2.34. The fourth-order valence-corrected chi connectivity index (χ4v) is 4.09. The quantitative estimate of drug-likeness (QED) is 0.859. The van der Waals surface area contributed by atoms with Gasteiger partial charge in [-0.05, 0) is 44.4 Å². The standard InChI is InChI=1S/C20H26N4O/c1-15-10-16(2)24(21-15)19-12-23(13-19)20(25)14-22-9-8-18(11-22)17-6-4-3-5-7-17/h3-7,10,18-19H,8-9,11-14H2,1-2H3/t18-/m0/s1. The molecule has 0 N–H and O–H groups in total. The first kappa shape index (κ1) is 16.3. The summed E-state index contributed by atoms with van der Waals surface area (Å²) in [6.45, 7) is 8.23. The minimum absolute atomic E-state index is 0.256. The second-order valence-corrected chi connectivity index (χ2v) is 7.46. The minimum atomic E-state index is 0.256. The molecule has 0 aliphatic carbocycles. The molecule has 1 amide bonds. The number of benzene rings is 1. The van der Waals surface area contributed by atoms with Gasteiger partial charge in [0.2, 0.25) is 5.91 Å². The Hall–Kier alpha value is -2.14. The van der Waals surface area contributed by atoms with Crippen LogP contribution in [0.5, 0.6) is 0 Å². The van der Waals surface area contributed by atoms with Crippen LogP contribution in [0, 0.1) is 13.8 Å². The number of nitrogens with zero attached hydrogens (tertiary/aromatic N) is 4. The largest absolute Gasteiger partial charge is 0.337 e. The van der Waals surface area contributed by atoms with Crippen LogP contribution in [0.4, 0.5) is 0 Å². The maximum absolute atomic E-state index is 12.5. The molecule has 5 heteroatoms.